The quantitative estimate of drug-likeness (QED) is 0.704. The Morgan fingerprint density at radius 2 is 2.29 bits per heavy atom. The zero-order chi connectivity index (χ0) is 10.2. The average Bonchev–Trinajstić information content (AvgIpc) is 2.48. The molecule has 14 heavy (non-hydrogen) atoms. The summed E-state index contributed by atoms with van der Waals surface area (Å²) in [5, 5.41) is 3.45. The van der Waals surface area contributed by atoms with Gasteiger partial charge in [-0.05, 0) is 38.5 Å². The van der Waals surface area contributed by atoms with Crippen LogP contribution in [-0.2, 0) is 0 Å². The van der Waals surface area contributed by atoms with Gasteiger partial charge in [0, 0.05) is 11.8 Å². The van der Waals surface area contributed by atoms with E-state index in [-0.39, 0.29) is 0 Å². The van der Waals surface area contributed by atoms with Gasteiger partial charge in [0.1, 0.15) is 0 Å². The largest absolute Gasteiger partial charge is 0.313 e. The molecule has 0 saturated heterocycles. The zero-order valence-corrected chi connectivity index (χ0v) is 10.3. The molecule has 1 aliphatic carbocycles. The first kappa shape index (κ1) is 12.1. The maximum absolute atomic E-state index is 3.45. The minimum atomic E-state index is 0.623. The van der Waals surface area contributed by atoms with Crippen molar-refractivity contribution < 1.29 is 0 Å². The lowest BCUT2D eigenvalue weighted by molar-refractivity contribution is 0.645. The Balaban J connectivity index is 2.44. The van der Waals surface area contributed by atoms with Crippen molar-refractivity contribution in [1.29, 1.82) is 0 Å². The van der Waals surface area contributed by atoms with Crippen molar-refractivity contribution in [3.63, 3.8) is 0 Å². The first-order chi connectivity index (χ1) is 6.88. The van der Waals surface area contributed by atoms with Crippen molar-refractivity contribution in [3.8, 4) is 0 Å². The molecule has 0 aromatic rings. The Labute approximate surface area is 92.7 Å². The summed E-state index contributed by atoms with van der Waals surface area (Å²) in [5.41, 5.74) is 1.66. The molecule has 1 atom stereocenters. The second-order valence-corrected chi connectivity index (χ2v) is 5.20. The summed E-state index contributed by atoms with van der Waals surface area (Å²) in [7, 11) is 2.09. The van der Waals surface area contributed by atoms with Gasteiger partial charge in [-0.2, -0.15) is 11.8 Å². The fourth-order valence-corrected chi connectivity index (χ4v) is 2.82. The van der Waals surface area contributed by atoms with Crippen molar-refractivity contribution in [2.45, 2.75) is 45.1 Å². The van der Waals surface area contributed by atoms with Crippen LogP contribution >= 0.6 is 11.8 Å². The molecule has 0 radical (unpaired) electrons. The minimum absolute atomic E-state index is 0.623. The lowest BCUT2D eigenvalue weighted by Crippen LogP contribution is -2.30. The fourth-order valence-electron chi connectivity index (χ4n) is 1.97. The minimum Gasteiger partial charge on any atom is -0.313 e. The van der Waals surface area contributed by atoms with Crippen LogP contribution in [0, 0.1) is 0 Å². The summed E-state index contributed by atoms with van der Waals surface area (Å²) in [6, 6.07) is 0.623. The van der Waals surface area contributed by atoms with Crippen LogP contribution < -0.4 is 5.32 Å². The molecule has 0 aromatic carbocycles. The highest BCUT2D eigenvalue weighted by Crippen LogP contribution is 2.21. The van der Waals surface area contributed by atoms with Crippen molar-refractivity contribution in [2.24, 2.45) is 0 Å². The van der Waals surface area contributed by atoms with Crippen molar-refractivity contribution in [3.05, 3.63) is 11.6 Å². The highest BCUT2D eigenvalue weighted by Gasteiger charge is 2.12. The summed E-state index contributed by atoms with van der Waals surface area (Å²) in [4.78, 5) is 0. The lowest BCUT2D eigenvalue weighted by Gasteiger charge is -2.18. The molecule has 1 rings (SSSR count). The van der Waals surface area contributed by atoms with Crippen molar-refractivity contribution in [1.82, 2.24) is 5.32 Å². The van der Waals surface area contributed by atoms with Gasteiger partial charge in [-0.25, -0.2) is 0 Å². The van der Waals surface area contributed by atoms with Crippen LogP contribution in [0.5, 0.6) is 0 Å². The van der Waals surface area contributed by atoms with E-state index in [4.69, 9.17) is 0 Å². The van der Waals surface area contributed by atoms with Gasteiger partial charge in [-0.1, -0.05) is 25.0 Å². The molecule has 1 nitrogen and oxygen atoms in total. The predicted octanol–water partition coefficient (Wildman–Crippen LogP) is 3.22. The molecule has 0 fully saturated rings. The molecule has 0 aromatic heterocycles. The third-order valence-electron chi connectivity index (χ3n) is 2.86. The van der Waals surface area contributed by atoms with Crippen LogP contribution in [0.2, 0.25) is 0 Å². The molecular weight excluding hydrogens is 190 g/mol. The molecule has 2 heteroatoms. The molecule has 82 valence electrons. The number of thioether (sulfide) groups is 1. The summed E-state index contributed by atoms with van der Waals surface area (Å²) in [5.74, 6) is 2.46. The number of nitrogens with one attached hydrogen (secondary N) is 1. The standard InChI is InChI=1S/C12H23NS/c1-3-14-10-12(13-2)11-8-6-4-5-7-9-11/h8,12-13H,3-7,9-10H2,1-2H3. The molecule has 0 bridgehead atoms. The third-order valence-corrected chi connectivity index (χ3v) is 3.84. The van der Waals surface area contributed by atoms with E-state index < -0.39 is 0 Å². The number of hydrogen-bond donors (Lipinski definition) is 1. The van der Waals surface area contributed by atoms with E-state index in [9.17, 15) is 0 Å². The SMILES string of the molecule is CCSCC(NC)C1=CCCCCC1. The van der Waals surface area contributed by atoms with Crippen molar-refractivity contribution in [2.75, 3.05) is 18.6 Å². The third kappa shape index (κ3) is 4.05. The topological polar surface area (TPSA) is 12.0 Å². The van der Waals surface area contributed by atoms with Gasteiger partial charge in [0.2, 0.25) is 0 Å². The lowest BCUT2D eigenvalue weighted by atomic mass is 10.0. The van der Waals surface area contributed by atoms with Gasteiger partial charge in [-0.3, -0.25) is 0 Å². The first-order valence-electron chi connectivity index (χ1n) is 5.82. The van der Waals surface area contributed by atoms with Crippen LogP contribution in [0.1, 0.15) is 39.0 Å². The molecule has 0 amide bonds. The van der Waals surface area contributed by atoms with E-state index in [1.54, 1.807) is 5.57 Å². The van der Waals surface area contributed by atoms with Crippen LogP contribution in [0.3, 0.4) is 0 Å². The summed E-state index contributed by atoms with van der Waals surface area (Å²) < 4.78 is 0. The van der Waals surface area contributed by atoms with E-state index >= 15 is 0 Å². The summed E-state index contributed by atoms with van der Waals surface area (Å²) in [6.07, 6.45) is 9.28. The molecule has 0 heterocycles. The monoisotopic (exact) mass is 213 g/mol. The zero-order valence-electron chi connectivity index (χ0n) is 9.51. The van der Waals surface area contributed by atoms with E-state index in [1.165, 1.54) is 43.6 Å². The van der Waals surface area contributed by atoms with Gasteiger partial charge in [0.05, 0.1) is 0 Å². The van der Waals surface area contributed by atoms with E-state index in [1.807, 2.05) is 11.8 Å². The summed E-state index contributed by atoms with van der Waals surface area (Å²) in [6.45, 7) is 2.23. The first-order valence-corrected chi connectivity index (χ1v) is 6.98. The van der Waals surface area contributed by atoms with Gasteiger partial charge in [0.25, 0.3) is 0 Å². The van der Waals surface area contributed by atoms with E-state index in [0.717, 1.165) is 0 Å². The molecule has 1 aliphatic rings. The van der Waals surface area contributed by atoms with Gasteiger partial charge in [0.15, 0.2) is 0 Å². The normalized spacial score (nSPS) is 20.0. The van der Waals surface area contributed by atoms with Crippen LogP contribution in [0.25, 0.3) is 0 Å². The van der Waals surface area contributed by atoms with E-state index in [2.05, 4.69) is 25.4 Å². The van der Waals surface area contributed by atoms with Crippen LogP contribution in [0.4, 0.5) is 0 Å². The van der Waals surface area contributed by atoms with Gasteiger partial charge >= 0.3 is 0 Å². The number of rotatable bonds is 5. The maximum atomic E-state index is 3.45. The van der Waals surface area contributed by atoms with Gasteiger partial charge in [-0.15, -0.1) is 0 Å². The Morgan fingerprint density at radius 3 is 3.00 bits per heavy atom. The highest BCUT2D eigenvalue weighted by molar-refractivity contribution is 7.99. The average molecular weight is 213 g/mol. The smallest absolute Gasteiger partial charge is 0.0368 e. The molecule has 0 saturated carbocycles. The second kappa shape index (κ2) is 7.36. The van der Waals surface area contributed by atoms with Gasteiger partial charge < -0.3 is 5.32 Å². The molecule has 0 aliphatic heterocycles. The maximum Gasteiger partial charge on any atom is 0.0368 e. The second-order valence-electron chi connectivity index (χ2n) is 3.88. The van der Waals surface area contributed by atoms with Crippen molar-refractivity contribution >= 4 is 11.8 Å². The van der Waals surface area contributed by atoms with Crippen LogP contribution in [-0.4, -0.2) is 24.6 Å². The number of likely N-dealkylation sites (N-methyl/N-ethyl adjacent to an activating group) is 1. The van der Waals surface area contributed by atoms with E-state index in [0.29, 0.717) is 6.04 Å². The molecule has 0 spiro atoms. The number of hydrogen-bond acceptors (Lipinski definition) is 2. The Bertz CT molecular complexity index is 177. The Morgan fingerprint density at radius 1 is 1.43 bits per heavy atom. The highest BCUT2D eigenvalue weighted by atomic mass is 32.2. The molecule has 1 N–H and O–H groups in total. The summed E-state index contributed by atoms with van der Waals surface area (Å²) >= 11 is 2.04. The molecule has 1 unspecified atom stereocenters. The Hall–Kier alpha value is 0.0500. The predicted molar refractivity (Wildman–Crippen MR) is 67.0 cm³/mol. The fraction of sp³-hybridized carbons (Fsp3) is 0.833. The molecular formula is C12H23NS. The van der Waals surface area contributed by atoms with Crippen LogP contribution in [0.15, 0.2) is 11.6 Å². The number of allylic oxidation sites excluding steroid dienone is 1. The Kier molecular flexibility index (Phi) is 6.37.